The molecular formula is C12H14F2O2. The maximum Gasteiger partial charge on any atom is 0.129 e. The molecular weight excluding hydrogens is 214 g/mol. The van der Waals surface area contributed by atoms with Gasteiger partial charge in [-0.1, -0.05) is 0 Å². The first-order chi connectivity index (χ1) is 7.58. The minimum Gasteiger partial charge on any atom is -0.388 e. The second kappa shape index (κ2) is 4.47. The lowest BCUT2D eigenvalue weighted by Crippen LogP contribution is -2.14. The first-order valence-corrected chi connectivity index (χ1v) is 5.32. The van der Waals surface area contributed by atoms with Gasteiger partial charge in [0.05, 0.1) is 18.8 Å². The van der Waals surface area contributed by atoms with Crippen molar-refractivity contribution in [1.82, 2.24) is 0 Å². The highest BCUT2D eigenvalue weighted by Gasteiger charge is 2.30. The van der Waals surface area contributed by atoms with Gasteiger partial charge in [0.2, 0.25) is 0 Å². The maximum atomic E-state index is 13.4. The molecule has 0 bridgehead atoms. The van der Waals surface area contributed by atoms with E-state index in [-0.39, 0.29) is 17.6 Å². The van der Waals surface area contributed by atoms with E-state index in [1.807, 2.05) is 6.92 Å². The standard InChI is InChI=1S/C12H14F2O2/c1-7-4-8(6-16-7)12(15)10-5-9(13)2-3-11(10)14/h2-3,5,7-8,12,15H,4,6H2,1H3. The molecule has 3 atom stereocenters. The molecule has 1 saturated heterocycles. The third kappa shape index (κ3) is 2.23. The van der Waals surface area contributed by atoms with E-state index in [1.54, 1.807) is 0 Å². The lowest BCUT2D eigenvalue weighted by molar-refractivity contribution is 0.0782. The van der Waals surface area contributed by atoms with E-state index in [4.69, 9.17) is 4.74 Å². The first kappa shape index (κ1) is 11.5. The Hall–Kier alpha value is -1.00. The van der Waals surface area contributed by atoms with Crippen molar-refractivity contribution in [3.8, 4) is 0 Å². The number of benzene rings is 1. The van der Waals surface area contributed by atoms with Crippen molar-refractivity contribution in [2.45, 2.75) is 25.6 Å². The quantitative estimate of drug-likeness (QED) is 0.842. The Bertz CT molecular complexity index is 381. The molecule has 0 saturated carbocycles. The van der Waals surface area contributed by atoms with Crippen molar-refractivity contribution < 1.29 is 18.6 Å². The van der Waals surface area contributed by atoms with Gasteiger partial charge < -0.3 is 9.84 Å². The summed E-state index contributed by atoms with van der Waals surface area (Å²) in [5, 5.41) is 9.96. The zero-order valence-corrected chi connectivity index (χ0v) is 8.99. The molecule has 1 heterocycles. The van der Waals surface area contributed by atoms with E-state index in [0.29, 0.717) is 13.0 Å². The summed E-state index contributed by atoms with van der Waals surface area (Å²) >= 11 is 0. The first-order valence-electron chi connectivity index (χ1n) is 5.32. The molecule has 88 valence electrons. The molecule has 2 nitrogen and oxygen atoms in total. The Labute approximate surface area is 92.9 Å². The SMILES string of the molecule is CC1CC(C(O)c2cc(F)ccc2F)CO1. The number of ether oxygens (including phenoxy) is 1. The van der Waals surface area contributed by atoms with Crippen LogP contribution in [0.4, 0.5) is 8.78 Å². The van der Waals surface area contributed by atoms with E-state index < -0.39 is 17.7 Å². The van der Waals surface area contributed by atoms with Crippen molar-refractivity contribution in [2.75, 3.05) is 6.61 Å². The van der Waals surface area contributed by atoms with Crippen molar-refractivity contribution in [3.05, 3.63) is 35.4 Å². The van der Waals surface area contributed by atoms with Gasteiger partial charge in [-0.05, 0) is 31.5 Å². The second-order valence-electron chi connectivity index (χ2n) is 4.25. The number of halogens is 2. The Morgan fingerprint density at radius 3 is 2.81 bits per heavy atom. The van der Waals surface area contributed by atoms with Gasteiger partial charge in [0.1, 0.15) is 11.6 Å². The smallest absolute Gasteiger partial charge is 0.129 e. The summed E-state index contributed by atoms with van der Waals surface area (Å²) < 4.78 is 31.7. The summed E-state index contributed by atoms with van der Waals surface area (Å²) in [6.07, 6.45) is -0.270. The topological polar surface area (TPSA) is 29.5 Å². The summed E-state index contributed by atoms with van der Waals surface area (Å²) in [6.45, 7) is 2.28. The lowest BCUT2D eigenvalue weighted by atomic mass is 9.93. The molecule has 0 aliphatic carbocycles. The van der Waals surface area contributed by atoms with Gasteiger partial charge >= 0.3 is 0 Å². The fourth-order valence-corrected chi connectivity index (χ4v) is 2.07. The third-order valence-electron chi connectivity index (χ3n) is 2.95. The normalized spacial score (nSPS) is 27.0. The van der Waals surface area contributed by atoms with Crippen LogP contribution in [0.25, 0.3) is 0 Å². The number of aliphatic hydroxyl groups is 1. The Kier molecular flexibility index (Phi) is 3.21. The van der Waals surface area contributed by atoms with E-state index in [9.17, 15) is 13.9 Å². The predicted molar refractivity (Wildman–Crippen MR) is 54.8 cm³/mol. The fraction of sp³-hybridized carbons (Fsp3) is 0.500. The van der Waals surface area contributed by atoms with Crippen LogP contribution >= 0.6 is 0 Å². The highest BCUT2D eigenvalue weighted by Crippen LogP contribution is 2.32. The Balaban J connectivity index is 2.20. The molecule has 2 rings (SSSR count). The molecule has 1 aliphatic rings. The van der Waals surface area contributed by atoms with Crippen molar-refractivity contribution in [3.63, 3.8) is 0 Å². The molecule has 0 aromatic heterocycles. The van der Waals surface area contributed by atoms with E-state index >= 15 is 0 Å². The summed E-state index contributed by atoms with van der Waals surface area (Å²) in [7, 11) is 0. The van der Waals surface area contributed by atoms with Crippen LogP contribution < -0.4 is 0 Å². The van der Waals surface area contributed by atoms with Gasteiger partial charge in [-0.2, -0.15) is 0 Å². The zero-order chi connectivity index (χ0) is 11.7. The number of rotatable bonds is 2. The van der Waals surface area contributed by atoms with Gasteiger partial charge in [-0.15, -0.1) is 0 Å². The van der Waals surface area contributed by atoms with Crippen molar-refractivity contribution >= 4 is 0 Å². The van der Waals surface area contributed by atoms with E-state index in [1.165, 1.54) is 0 Å². The average Bonchev–Trinajstić information content (AvgIpc) is 2.67. The summed E-state index contributed by atoms with van der Waals surface area (Å²) in [5.74, 6) is -1.28. The highest BCUT2D eigenvalue weighted by atomic mass is 19.1. The molecule has 1 N–H and O–H groups in total. The maximum absolute atomic E-state index is 13.4. The minimum absolute atomic E-state index is 0.0164. The lowest BCUT2D eigenvalue weighted by Gasteiger charge is -2.17. The second-order valence-corrected chi connectivity index (χ2v) is 4.25. The van der Waals surface area contributed by atoms with Crippen molar-refractivity contribution in [1.29, 1.82) is 0 Å². The van der Waals surface area contributed by atoms with Crippen LogP contribution in [0.15, 0.2) is 18.2 Å². The zero-order valence-electron chi connectivity index (χ0n) is 8.99. The Morgan fingerprint density at radius 1 is 1.44 bits per heavy atom. The van der Waals surface area contributed by atoms with E-state index in [2.05, 4.69) is 0 Å². The molecule has 0 spiro atoms. The highest BCUT2D eigenvalue weighted by molar-refractivity contribution is 5.21. The van der Waals surface area contributed by atoms with Gasteiger partial charge in [0, 0.05) is 11.5 Å². The van der Waals surface area contributed by atoms with Crippen molar-refractivity contribution in [2.24, 2.45) is 5.92 Å². The van der Waals surface area contributed by atoms with Crippen LogP contribution in [0.5, 0.6) is 0 Å². The van der Waals surface area contributed by atoms with Crippen LogP contribution in [0, 0.1) is 17.6 Å². The summed E-state index contributed by atoms with van der Waals surface area (Å²) in [4.78, 5) is 0. The molecule has 1 aromatic carbocycles. The van der Waals surface area contributed by atoms with Crippen LogP contribution in [-0.2, 0) is 4.74 Å². The van der Waals surface area contributed by atoms with Crippen LogP contribution in [-0.4, -0.2) is 17.8 Å². The fourth-order valence-electron chi connectivity index (χ4n) is 2.07. The van der Waals surface area contributed by atoms with Crippen LogP contribution in [0.1, 0.15) is 25.0 Å². The van der Waals surface area contributed by atoms with Gasteiger partial charge in [-0.3, -0.25) is 0 Å². The average molecular weight is 228 g/mol. The monoisotopic (exact) mass is 228 g/mol. The number of aliphatic hydroxyl groups excluding tert-OH is 1. The minimum atomic E-state index is -0.999. The number of hydrogen-bond acceptors (Lipinski definition) is 2. The predicted octanol–water partition coefficient (Wildman–Crippen LogP) is 2.42. The molecule has 1 fully saturated rings. The third-order valence-corrected chi connectivity index (χ3v) is 2.95. The summed E-state index contributed by atoms with van der Waals surface area (Å²) in [6, 6.07) is 3.12. The molecule has 0 amide bonds. The molecule has 1 aliphatic heterocycles. The van der Waals surface area contributed by atoms with Gasteiger partial charge in [0.15, 0.2) is 0 Å². The molecule has 1 aromatic rings. The van der Waals surface area contributed by atoms with Crippen LogP contribution in [0.3, 0.4) is 0 Å². The molecule has 16 heavy (non-hydrogen) atoms. The van der Waals surface area contributed by atoms with Gasteiger partial charge in [-0.25, -0.2) is 8.78 Å². The van der Waals surface area contributed by atoms with Gasteiger partial charge in [0.25, 0.3) is 0 Å². The molecule has 3 unspecified atom stereocenters. The summed E-state index contributed by atoms with van der Waals surface area (Å²) in [5.41, 5.74) is 0.0164. The Morgan fingerprint density at radius 2 is 2.19 bits per heavy atom. The van der Waals surface area contributed by atoms with Crippen LogP contribution in [0.2, 0.25) is 0 Å². The largest absolute Gasteiger partial charge is 0.388 e. The molecule has 0 radical (unpaired) electrons. The van der Waals surface area contributed by atoms with E-state index in [0.717, 1.165) is 18.2 Å². The molecule has 4 heteroatoms. The number of hydrogen-bond donors (Lipinski definition) is 1.